The average molecular weight is 424 g/mol. The molecule has 2 aliphatic heterocycles. The van der Waals surface area contributed by atoms with Crippen LogP contribution in [0.25, 0.3) is 10.9 Å². The van der Waals surface area contributed by atoms with E-state index >= 15 is 0 Å². The Morgan fingerprint density at radius 3 is 2.77 bits per heavy atom. The minimum atomic E-state index is -4.55. The van der Waals surface area contributed by atoms with Crippen molar-refractivity contribution in [1.29, 1.82) is 0 Å². The lowest BCUT2D eigenvalue weighted by atomic mass is 9.91. The topological polar surface area (TPSA) is 70.5 Å². The normalized spacial score (nSPS) is 24.9. The molecule has 2 N–H and O–H groups in total. The van der Waals surface area contributed by atoms with Crippen molar-refractivity contribution in [2.45, 2.75) is 44.0 Å². The molecule has 30 heavy (non-hydrogen) atoms. The maximum Gasteiger partial charge on any atom is 0.435 e. The molecule has 4 heterocycles. The molecule has 0 saturated carbocycles. The Hall–Kier alpha value is -1.97. The van der Waals surface area contributed by atoms with Gasteiger partial charge in [-0.2, -0.15) is 13.2 Å². The number of aromatic nitrogens is 2. The maximum absolute atomic E-state index is 13.4. The van der Waals surface area contributed by atoms with Gasteiger partial charge in [0.05, 0.1) is 17.5 Å². The molecule has 0 unspecified atom stereocenters. The molecule has 164 valence electrons. The molecule has 2 aromatic heterocycles. The third-order valence-corrected chi connectivity index (χ3v) is 6.04. The van der Waals surface area contributed by atoms with Crippen molar-refractivity contribution in [1.82, 2.24) is 15.3 Å². The lowest BCUT2D eigenvalue weighted by Crippen LogP contribution is -2.54. The number of hydrogen-bond acceptors (Lipinski definition) is 6. The Bertz CT molecular complexity index is 886. The van der Waals surface area contributed by atoms with E-state index in [-0.39, 0.29) is 11.6 Å². The molecule has 2 aliphatic rings. The zero-order valence-corrected chi connectivity index (χ0v) is 17.0. The molecule has 2 atom stereocenters. The average Bonchev–Trinajstić information content (AvgIpc) is 2.71. The lowest BCUT2D eigenvalue weighted by molar-refractivity contribution is -0.139. The number of nitrogens with zero attached hydrogens (tertiary/aromatic N) is 3. The molecule has 0 aliphatic carbocycles. The molecule has 0 amide bonds. The minimum absolute atomic E-state index is 0.120. The molecular formula is C21H27F3N4O2. The van der Waals surface area contributed by atoms with Gasteiger partial charge in [-0.1, -0.05) is 6.92 Å². The molecular weight excluding hydrogens is 397 g/mol. The fourth-order valence-electron chi connectivity index (χ4n) is 4.48. The predicted octanol–water partition coefficient (Wildman–Crippen LogP) is 2.99. The third kappa shape index (κ3) is 4.53. The van der Waals surface area contributed by atoms with Gasteiger partial charge in [-0.25, -0.2) is 4.98 Å². The van der Waals surface area contributed by atoms with Gasteiger partial charge in [0.25, 0.3) is 0 Å². The van der Waals surface area contributed by atoms with E-state index in [0.717, 1.165) is 13.0 Å². The first-order valence-corrected chi connectivity index (χ1v) is 10.3. The highest BCUT2D eigenvalue weighted by Crippen LogP contribution is 2.36. The van der Waals surface area contributed by atoms with Crippen molar-refractivity contribution in [2.75, 3.05) is 37.7 Å². The zero-order chi connectivity index (χ0) is 21.4. The minimum Gasteiger partial charge on any atom is -0.388 e. The van der Waals surface area contributed by atoms with E-state index in [1.54, 1.807) is 12.1 Å². The predicted molar refractivity (Wildman–Crippen MR) is 107 cm³/mol. The number of rotatable bonds is 4. The molecule has 9 heteroatoms. The molecule has 6 nitrogen and oxygen atoms in total. The molecule has 0 bridgehead atoms. The SMILES string of the molecule is C[C@H]1C[C@@H](NCC2(O)CCOCC2)CN(c2cnc(C(F)(F)F)c3ncccc23)C1. The summed E-state index contributed by atoms with van der Waals surface area (Å²) in [4.78, 5) is 9.79. The molecule has 0 aromatic carbocycles. The van der Waals surface area contributed by atoms with Crippen molar-refractivity contribution in [3.05, 3.63) is 30.2 Å². The fraction of sp³-hybridized carbons (Fsp3) is 0.619. The second kappa shape index (κ2) is 8.28. The van der Waals surface area contributed by atoms with Gasteiger partial charge in [-0.3, -0.25) is 4.98 Å². The van der Waals surface area contributed by atoms with Crippen molar-refractivity contribution in [3.63, 3.8) is 0 Å². The zero-order valence-electron chi connectivity index (χ0n) is 17.0. The Labute approximate surface area is 173 Å². The van der Waals surface area contributed by atoms with Crippen molar-refractivity contribution in [2.24, 2.45) is 5.92 Å². The van der Waals surface area contributed by atoms with Gasteiger partial charge >= 0.3 is 6.18 Å². The van der Waals surface area contributed by atoms with Crippen LogP contribution in [0.2, 0.25) is 0 Å². The number of anilines is 1. The monoisotopic (exact) mass is 424 g/mol. The summed E-state index contributed by atoms with van der Waals surface area (Å²) in [5.74, 6) is 0.342. The first kappa shape index (κ1) is 21.3. The number of ether oxygens (including phenoxy) is 1. The van der Waals surface area contributed by atoms with Crippen molar-refractivity contribution < 1.29 is 23.0 Å². The van der Waals surface area contributed by atoms with Gasteiger partial charge in [-0.05, 0) is 24.5 Å². The van der Waals surface area contributed by atoms with Crippen LogP contribution in [0.3, 0.4) is 0 Å². The number of halogens is 3. The second-order valence-electron chi connectivity index (χ2n) is 8.55. The van der Waals surface area contributed by atoms with Crippen LogP contribution in [-0.4, -0.2) is 59.6 Å². The van der Waals surface area contributed by atoms with Gasteiger partial charge in [0.2, 0.25) is 0 Å². The second-order valence-corrected chi connectivity index (χ2v) is 8.55. The maximum atomic E-state index is 13.4. The van der Waals surface area contributed by atoms with E-state index in [2.05, 4.69) is 27.1 Å². The Morgan fingerprint density at radius 2 is 2.03 bits per heavy atom. The molecule has 2 fully saturated rings. The van der Waals surface area contributed by atoms with Crippen LogP contribution in [0.1, 0.15) is 31.9 Å². The molecule has 0 spiro atoms. The van der Waals surface area contributed by atoms with Crippen LogP contribution in [0.4, 0.5) is 18.9 Å². The van der Waals surface area contributed by atoms with Gasteiger partial charge in [-0.15, -0.1) is 0 Å². The first-order valence-electron chi connectivity index (χ1n) is 10.3. The summed E-state index contributed by atoms with van der Waals surface area (Å²) < 4.78 is 45.4. The lowest BCUT2D eigenvalue weighted by Gasteiger charge is -2.40. The number of alkyl halides is 3. The summed E-state index contributed by atoms with van der Waals surface area (Å²) in [7, 11) is 0. The number of aliphatic hydroxyl groups is 1. The van der Waals surface area contributed by atoms with Crippen LogP contribution in [0, 0.1) is 5.92 Å². The smallest absolute Gasteiger partial charge is 0.388 e. The van der Waals surface area contributed by atoms with E-state index in [1.165, 1.54) is 12.4 Å². The van der Waals surface area contributed by atoms with E-state index < -0.39 is 17.5 Å². The van der Waals surface area contributed by atoms with Gasteiger partial charge in [0.1, 0.15) is 5.52 Å². The van der Waals surface area contributed by atoms with Crippen molar-refractivity contribution in [3.8, 4) is 0 Å². The summed E-state index contributed by atoms with van der Waals surface area (Å²) >= 11 is 0. The van der Waals surface area contributed by atoms with Crippen LogP contribution in [0.5, 0.6) is 0 Å². The van der Waals surface area contributed by atoms with Gasteiger partial charge < -0.3 is 20.1 Å². The van der Waals surface area contributed by atoms with Gasteiger partial charge in [0, 0.05) is 63.3 Å². The van der Waals surface area contributed by atoms with Crippen molar-refractivity contribution >= 4 is 16.6 Å². The van der Waals surface area contributed by atoms with Gasteiger partial charge in [0.15, 0.2) is 5.69 Å². The summed E-state index contributed by atoms with van der Waals surface area (Å²) in [5.41, 5.74) is -1.18. The molecule has 0 radical (unpaired) electrons. The molecule has 4 rings (SSSR count). The summed E-state index contributed by atoms with van der Waals surface area (Å²) in [6.45, 7) is 5.08. The Balaban J connectivity index is 1.55. The Kier molecular flexibility index (Phi) is 5.87. The van der Waals surface area contributed by atoms with E-state index in [1.807, 2.05) is 0 Å². The van der Waals surface area contributed by atoms with E-state index in [4.69, 9.17) is 4.74 Å². The number of hydrogen-bond donors (Lipinski definition) is 2. The summed E-state index contributed by atoms with van der Waals surface area (Å²) in [6, 6.07) is 3.44. The first-order chi connectivity index (χ1) is 14.3. The van der Waals surface area contributed by atoms with Crippen LogP contribution < -0.4 is 10.2 Å². The number of nitrogens with one attached hydrogen (secondary N) is 1. The summed E-state index contributed by atoms with van der Waals surface area (Å²) in [6.07, 6.45) is 0.266. The highest BCUT2D eigenvalue weighted by molar-refractivity contribution is 5.92. The highest BCUT2D eigenvalue weighted by atomic mass is 19.4. The summed E-state index contributed by atoms with van der Waals surface area (Å²) in [5, 5.41) is 14.7. The molecule has 2 saturated heterocycles. The number of fused-ring (bicyclic) bond motifs is 1. The standard InChI is InChI=1S/C21H27F3N4O2/c1-14-9-15(27-13-20(29)4-7-30-8-5-20)12-28(11-14)17-10-26-19(21(22,23)24)18-16(17)3-2-6-25-18/h2-3,6,10,14-15,27,29H,4-5,7-9,11-13H2,1H3/t14-,15+/m0/s1. The molecule has 2 aromatic rings. The number of piperidine rings is 1. The highest BCUT2D eigenvalue weighted by Gasteiger charge is 2.37. The van der Waals surface area contributed by atoms with Crippen LogP contribution in [-0.2, 0) is 10.9 Å². The van der Waals surface area contributed by atoms with E-state index in [9.17, 15) is 18.3 Å². The number of pyridine rings is 2. The van der Waals surface area contributed by atoms with E-state index in [0.29, 0.717) is 56.1 Å². The quantitative estimate of drug-likeness (QED) is 0.787. The van der Waals surface area contributed by atoms with Crippen LogP contribution in [0.15, 0.2) is 24.5 Å². The fourth-order valence-corrected chi connectivity index (χ4v) is 4.48. The largest absolute Gasteiger partial charge is 0.435 e. The third-order valence-electron chi connectivity index (χ3n) is 6.04. The van der Waals surface area contributed by atoms with Crippen LogP contribution >= 0.6 is 0 Å². The Morgan fingerprint density at radius 1 is 1.27 bits per heavy atom.